The number of alkyl halides is 1. The highest BCUT2D eigenvalue weighted by Gasteiger charge is 2.12. The van der Waals surface area contributed by atoms with Crippen LogP contribution in [0.4, 0.5) is 0 Å². The Kier molecular flexibility index (Phi) is 3.50. The van der Waals surface area contributed by atoms with Crippen molar-refractivity contribution in [2.75, 3.05) is 0 Å². The third-order valence-electron chi connectivity index (χ3n) is 2.50. The van der Waals surface area contributed by atoms with Crippen LogP contribution in [0.5, 0.6) is 0 Å². The lowest BCUT2D eigenvalue weighted by Gasteiger charge is -2.01. The molecule has 0 heterocycles. The van der Waals surface area contributed by atoms with Gasteiger partial charge < -0.3 is 0 Å². The quantitative estimate of drug-likeness (QED) is 0.436. The van der Waals surface area contributed by atoms with Crippen LogP contribution in [-0.4, -0.2) is 5.38 Å². The molecule has 0 saturated heterocycles. The zero-order valence-electron chi connectivity index (χ0n) is 7.84. The van der Waals surface area contributed by atoms with Gasteiger partial charge in [-0.25, -0.2) is 0 Å². The molecule has 2 rings (SSSR count). The maximum absolute atomic E-state index is 6.02. The number of benzene rings is 1. The molecule has 1 aromatic rings. The second-order valence-electron chi connectivity index (χ2n) is 3.68. The Morgan fingerprint density at radius 3 is 2.57 bits per heavy atom. The largest absolute Gasteiger partial charge is 0.118 e. The van der Waals surface area contributed by atoms with Gasteiger partial charge in [-0.15, -0.1) is 11.6 Å². The molecule has 0 aliphatic heterocycles. The second-order valence-corrected chi connectivity index (χ2v) is 5.49. The van der Waals surface area contributed by atoms with E-state index in [1.165, 1.54) is 21.1 Å². The molecule has 1 aliphatic carbocycles. The van der Waals surface area contributed by atoms with Gasteiger partial charge in [0, 0.05) is 3.57 Å². The van der Waals surface area contributed by atoms with E-state index >= 15 is 0 Å². The van der Waals surface area contributed by atoms with Crippen LogP contribution in [0.1, 0.15) is 18.4 Å². The van der Waals surface area contributed by atoms with Crippen molar-refractivity contribution in [1.82, 2.24) is 0 Å². The SMILES string of the molecule is ClC1C=C(Cc2ccc(I)cc2)CC1. The summed E-state index contributed by atoms with van der Waals surface area (Å²) in [5.41, 5.74) is 2.88. The lowest BCUT2D eigenvalue weighted by Crippen LogP contribution is -1.87. The Morgan fingerprint density at radius 2 is 2.00 bits per heavy atom. The second kappa shape index (κ2) is 4.67. The molecule has 1 aromatic carbocycles. The normalized spacial score (nSPS) is 21.0. The van der Waals surface area contributed by atoms with Crippen molar-refractivity contribution in [3.63, 3.8) is 0 Å². The van der Waals surface area contributed by atoms with Gasteiger partial charge in [0.05, 0.1) is 5.38 Å². The Morgan fingerprint density at radius 1 is 1.29 bits per heavy atom. The van der Waals surface area contributed by atoms with Gasteiger partial charge in [-0.2, -0.15) is 0 Å². The van der Waals surface area contributed by atoms with E-state index in [9.17, 15) is 0 Å². The van der Waals surface area contributed by atoms with E-state index < -0.39 is 0 Å². The molecule has 74 valence electrons. The first-order valence-corrected chi connectivity index (χ1v) is 6.33. The third kappa shape index (κ3) is 2.74. The summed E-state index contributed by atoms with van der Waals surface area (Å²) >= 11 is 8.35. The first kappa shape index (κ1) is 10.5. The van der Waals surface area contributed by atoms with E-state index in [1.807, 2.05) is 0 Å². The summed E-state index contributed by atoms with van der Waals surface area (Å²) in [6, 6.07) is 8.71. The first-order chi connectivity index (χ1) is 6.74. The Bertz CT molecular complexity index is 340. The van der Waals surface area contributed by atoms with Crippen molar-refractivity contribution in [1.29, 1.82) is 0 Å². The molecule has 0 radical (unpaired) electrons. The molecule has 0 N–H and O–H groups in total. The van der Waals surface area contributed by atoms with Crippen LogP contribution in [0.25, 0.3) is 0 Å². The van der Waals surface area contributed by atoms with Crippen LogP contribution in [0.2, 0.25) is 0 Å². The Labute approximate surface area is 103 Å². The maximum Gasteiger partial charge on any atom is 0.0521 e. The van der Waals surface area contributed by atoms with Gasteiger partial charge >= 0.3 is 0 Å². The smallest absolute Gasteiger partial charge is 0.0521 e. The zero-order valence-corrected chi connectivity index (χ0v) is 10.8. The van der Waals surface area contributed by atoms with Crippen LogP contribution in [0.15, 0.2) is 35.9 Å². The highest BCUT2D eigenvalue weighted by molar-refractivity contribution is 14.1. The minimum absolute atomic E-state index is 0.272. The number of hydrogen-bond donors (Lipinski definition) is 0. The van der Waals surface area contributed by atoms with Gasteiger partial charge in [0.2, 0.25) is 0 Å². The van der Waals surface area contributed by atoms with Gasteiger partial charge in [-0.05, 0) is 59.5 Å². The predicted molar refractivity (Wildman–Crippen MR) is 69.8 cm³/mol. The number of rotatable bonds is 2. The average molecular weight is 319 g/mol. The minimum atomic E-state index is 0.272. The van der Waals surface area contributed by atoms with Crippen LogP contribution in [-0.2, 0) is 6.42 Å². The van der Waals surface area contributed by atoms with Gasteiger partial charge in [-0.1, -0.05) is 23.8 Å². The highest BCUT2D eigenvalue weighted by atomic mass is 127. The molecule has 1 unspecified atom stereocenters. The van der Waals surface area contributed by atoms with Crippen molar-refractivity contribution in [2.45, 2.75) is 24.6 Å². The minimum Gasteiger partial charge on any atom is -0.118 e. The van der Waals surface area contributed by atoms with Crippen molar-refractivity contribution in [2.24, 2.45) is 0 Å². The topological polar surface area (TPSA) is 0 Å². The van der Waals surface area contributed by atoms with Crippen molar-refractivity contribution in [3.8, 4) is 0 Å². The average Bonchev–Trinajstić information content (AvgIpc) is 2.56. The van der Waals surface area contributed by atoms with Crippen molar-refractivity contribution in [3.05, 3.63) is 45.0 Å². The lowest BCUT2D eigenvalue weighted by molar-refractivity contribution is 0.892. The molecular weight excluding hydrogens is 306 g/mol. The predicted octanol–water partition coefficient (Wildman–Crippen LogP) is 4.16. The van der Waals surface area contributed by atoms with Gasteiger partial charge in [-0.3, -0.25) is 0 Å². The number of halogens is 2. The van der Waals surface area contributed by atoms with Crippen LogP contribution in [0.3, 0.4) is 0 Å². The molecule has 2 heteroatoms. The lowest BCUT2D eigenvalue weighted by atomic mass is 10.1. The molecule has 0 spiro atoms. The fourth-order valence-electron chi connectivity index (χ4n) is 1.76. The standard InChI is InChI=1S/C12H12ClI/c13-11-4-1-10(8-11)7-9-2-5-12(14)6-3-9/h2-3,5-6,8,11H,1,4,7H2. The molecule has 0 nitrogen and oxygen atoms in total. The van der Waals surface area contributed by atoms with E-state index in [-0.39, 0.29) is 5.38 Å². The van der Waals surface area contributed by atoms with E-state index in [0.29, 0.717) is 0 Å². The molecular formula is C12H12ClI. The number of allylic oxidation sites excluding steroid dienone is 2. The third-order valence-corrected chi connectivity index (χ3v) is 3.57. The van der Waals surface area contributed by atoms with Crippen molar-refractivity contribution >= 4 is 34.2 Å². The van der Waals surface area contributed by atoms with E-state index in [2.05, 4.69) is 52.9 Å². The van der Waals surface area contributed by atoms with Crippen molar-refractivity contribution < 1.29 is 0 Å². The fraction of sp³-hybridized carbons (Fsp3) is 0.333. The molecule has 0 aromatic heterocycles. The van der Waals surface area contributed by atoms with E-state index in [0.717, 1.165) is 12.8 Å². The summed E-state index contributed by atoms with van der Waals surface area (Å²) in [6.45, 7) is 0. The van der Waals surface area contributed by atoms with E-state index in [4.69, 9.17) is 11.6 Å². The molecule has 0 amide bonds. The first-order valence-electron chi connectivity index (χ1n) is 4.82. The molecule has 1 atom stereocenters. The summed E-state index contributed by atoms with van der Waals surface area (Å²) in [4.78, 5) is 0. The fourth-order valence-corrected chi connectivity index (χ4v) is 2.40. The summed E-state index contributed by atoms with van der Waals surface area (Å²) in [5.74, 6) is 0. The molecule has 14 heavy (non-hydrogen) atoms. The molecule has 0 bridgehead atoms. The van der Waals surface area contributed by atoms with Gasteiger partial charge in [0.15, 0.2) is 0 Å². The van der Waals surface area contributed by atoms with Gasteiger partial charge in [0.1, 0.15) is 0 Å². The summed E-state index contributed by atoms with van der Waals surface area (Å²) in [6.07, 6.45) is 5.56. The number of hydrogen-bond acceptors (Lipinski definition) is 0. The zero-order chi connectivity index (χ0) is 9.97. The summed E-state index contributed by atoms with van der Waals surface area (Å²) in [5, 5.41) is 0.272. The highest BCUT2D eigenvalue weighted by Crippen LogP contribution is 2.25. The van der Waals surface area contributed by atoms with Crippen LogP contribution >= 0.6 is 34.2 Å². The van der Waals surface area contributed by atoms with Crippen LogP contribution < -0.4 is 0 Å². The molecule has 0 fully saturated rings. The van der Waals surface area contributed by atoms with E-state index in [1.54, 1.807) is 0 Å². The van der Waals surface area contributed by atoms with Crippen LogP contribution in [0, 0.1) is 3.57 Å². The molecule has 1 aliphatic rings. The van der Waals surface area contributed by atoms with Gasteiger partial charge in [0.25, 0.3) is 0 Å². The monoisotopic (exact) mass is 318 g/mol. The molecule has 0 saturated carbocycles. The summed E-state index contributed by atoms with van der Waals surface area (Å²) < 4.78 is 1.29. The Hall–Kier alpha value is -0.0200. The maximum atomic E-state index is 6.02. The summed E-state index contributed by atoms with van der Waals surface area (Å²) in [7, 11) is 0. The Balaban J connectivity index is 2.04.